The van der Waals surface area contributed by atoms with Crippen molar-refractivity contribution in [3.63, 3.8) is 0 Å². The lowest BCUT2D eigenvalue weighted by molar-refractivity contribution is -0.140. The van der Waals surface area contributed by atoms with Gasteiger partial charge >= 0.3 is 5.97 Å². The van der Waals surface area contributed by atoms with Crippen molar-refractivity contribution >= 4 is 23.4 Å². The van der Waals surface area contributed by atoms with Gasteiger partial charge in [-0.25, -0.2) is 4.79 Å². The molecule has 4 rings (SSSR count). The van der Waals surface area contributed by atoms with Gasteiger partial charge in [0.25, 0.3) is 11.7 Å². The Bertz CT molecular complexity index is 1330. The summed E-state index contributed by atoms with van der Waals surface area (Å²) in [5.74, 6) is -1.54. The summed E-state index contributed by atoms with van der Waals surface area (Å²) < 4.78 is 26.8. The Labute approximate surface area is 238 Å². The summed E-state index contributed by atoms with van der Waals surface area (Å²) in [6.45, 7) is 7.18. The number of aryl methyl sites for hydroxylation is 1. The number of ether oxygens (including phenoxy) is 5. The first-order chi connectivity index (χ1) is 19.7. The molecule has 1 unspecified atom stereocenters. The number of hydrogen-bond donors (Lipinski definition) is 2. The maximum Gasteiger partial charge on any atom is 0.354 e. The molecule has 1 aromatic carbocycles. The van der Waals surface area contributed by atoms with E-state index in [0.717, 1.165) is 13.1 Å². The number of esters is 1. The molecule has 2 aromatic rings. The number of methoxy groups -OCH3 is 4. The van der Waals surface area contributed by atoms with Crippen LogP contribution in [0.5, 0.6) is 17.2 Å². The summed E-state index contributed by atoms with van der Waals surface area (Å²) in [5.41, 5.74) is 1.64. The third-order valence-electron chi connectivity index (χ3n) is 7.58. The number of H-pyrrole nitrogens is 1. The van der Waals surface area contributed by atoms with Crippen LogP contribution in [0.1, 0.15) is 45.3 Å². The zero-order valence-electron chi connectivity index (χ0n) is 24.3. The van der Waals surface area contributed by atoms with Crippen LogP contribution in [0.2, 0.25) is 0 Å². The topological polar surface area (TPSA) is 140 Å². The highest BCUT2D eigenvalue weighted by Gasteiger charge is 2.47. The lowest BCUT2D eigenvalue weighted by atomic mass is 9.93. The third-order valence-corrected chi connectivity index (χ3v) is 7.58. The molecule has 0 spiro atoms. The van der Waals surface area contributed by atoms with E-state index in [1.165, 1.54) is 33.3 Å². The summed E-state index contributed by atoms with van der Waals surface area (Å²) in [7, 11) is 5.68. The largest absolute Gasteiger partial charge is 0.507 e. The Hall–Kier alpha value is -4.03. The van der Waals surface area contributed by atoms with Crippen LogP contribution in [0.25, 0.3) is 5.76 Å². The Morgan fingerprint density at radius 3 is 2.22 bits per heavy atom. The fourth-order valence-electron chi connectivity index (χ4n) is 5.55. The molecule has 0 bridgehead atoms. The van der Waals surface area contributed by atoms with Crippen molar-refractivity contribution < 1.29 is 43.2 Å². The van der Waals surface area contributed by atoms with Crippen LogP contribution in [-0.4, -0.2) is 105 Å². The maximum absolute atomic E-state index is 13.6. The van der Waals surface area contributed by atoms with Crippen LogP contribution in [0.3, 0.4) is 0 Å². The first-order valence-electron chi connectivity index (χ1n) is 13.3. The Morgan fingerprint density at radius 1 is 1.02 bits per heavy atom. The van der Waals surface area contributed by atoms with Crippen molar-refractivity contribution in [2.45, 2.75) is 26.3 Å². The molecule has 2 aliphatic rings. The number of hydrogen-bond acceptors (Lipinski definition) is 10. The number of rotatable bonds is 10. The standard InChI is InChI=1S/C29H37N3O9/c1-16-21(17(2)30-23(16)29(36)40-6)25(33)22-24(18-14-19(37-3)27(39-5)20(15-18)38-4)32(28(35)26(22)34)9-7-8-31-10-12-41-13-11-31/h14-15,24,30,33H,7-13H2,1-6H3/b25-22+. The molecule has 1 amide bonds. The van der Waals surface area contributed by atoms with E-state index in [4.69, 9.17) is 23.7 Å². The molecule has 0 saturated carbocycles. The van der Waals surface area contributed by atoms with E-state index in [1.54, 1.807) is 26.0 Å². The molecule has 0 radical (unpaired) electrons. The van der Waals surface area contributed by atoms with Crippen LogP contribution in [0.15, 0.2) is 17.7 Å². The van der Waals surface area contributed by atoms with Crippen molar-refractivity contribution in [2.75, 3.05) is 67.8 Å². The van der Waals surface area contributed by atoms with Crippen molar-refractivity contribution in [1.82, 2.24) is 14.8 Å². The molecule has 0 aliphatic carbocycles. The number of nitrogens with one attached hydrogen (secondary N) is 1. The number of nitrogens with zero attached hydrogens (tertiary/aromatic N) is 2. The van der Waals surface area contributed by atoms with Gasteiger partial charge in [0.2, 0.25) is 5.75 Å². The number of carbonyl (C=O) groups excluding carboxylic acids is 3. The second kappa shape index (κ2) is 12.6. The summed E-state index contributed by atoms with van der Waals surface area (Å²) in [4.78, 5) is 46.1. The zero-order chi connectivity index (χ0) is 29.8. The van der Waals surface area contributed by atoms with Gasteiger partial charge in [0.15, 0.2) is 11.5 Å². The molecule has 1 atom stereocenters. The van der Waals surface area contributed by atoms with Gasteiger partial charge in [-0.2, -0.15) is 0 Å². The average Bonchev–Trinajstić information content (AvgIpc) is 3.43. The second-order valence-corrected chi connectivity index (χ2v) is 9.88. The number of aliphatic hydroxyl groups is 1. The predicted molar refractivity (Wildman–Crippen MR) is 149 cm³/mol. The first-order valence-corrected chi connectivity index (χ1v) is 13.3. The van der Waals surface area contributed by atoms with E-state index in [2.05, 4.69) is 9.88 Å². The van der Waals surface area contributed by atoms with E-state index in [1.807, 2.05) is 0 Å². The van der Waals surface area contributed by atoms with Crippen LogP contribution < -0.4 is 14.2 Å². The minimum Gasteiger partial charge on any atom is -0.507 e. The number of benzene rings is 1. The number of carbonyl (C=O) groups is 3. The summed E-state index contributed by atoms with van der Waals surface area (Å²) in [6, 6.07) is 2.37. The molecule has 222 valence electrons. The number of aromatic amines is 1. The molecule has 1 aromatic heterocycles. The van der Waals surface area contributed by atoms with Crippen molar-refractivity contribution in [3.8, 4) is 17.2 Å². The number of Topliss-reactive ketones (excluding diaryl/α,β-unsaturated/α-hetero) is 1. The molecule has 12 nitrogen and oxygen atoms in total. The van der Waals surface area contributed by atoms with Crippen LogP contribution in [0, 0.1) is 13.8 Å². The Morgan fingerprint density at radius 2 is 1.66 bits per heavy atom. The highest BCUT2D eigenvalue weighted by molar-refractivity contribution is 6.46. The van der Waals surface area contributed by atoms with Gasteiger partial charge in [0, 0.05) is 37.4 Å². The van der Waals surface area contributed by atoms with Crippen molar-refractivity contribution in [1.29, 1.82) is 0 Å². The number of aliphatic hydroxyl groups excluding tert-OH is 1. The van der Waals surface area contributed by atoms with Crippen LogP contribution in [0.4, 0.5) is 0 Å². The first kappa shape index (κ1) is 29.9. The Kier molecular flexibility index (Phi) is 9.24. The lowest BCUT2D eigenvalue weighted by Gasteiger charge is -2.29. The highest BCUT2D eigenvalue weighted by Crippen LogP contribution is 2.46. The molecule has 3 heterocycles. The SMILES string of the molecule is COC(=O)c1[nH]c(C)c(/C(O)=C2\C(=O)C(=O)N(CCCN3CCOCC3)C2c2cc(OC)c(OC)c(OC)c2)c1C. The highest BCUT2D eigenvalue weighted by atomic mass is 16.5. The maximum atomic E-state index is 13.6. The van der Waals surface area contributed by atoms with Crippen molar-refractivity contribution in [3.05, 3.63) is 45.8 Å². The molecule has 2 aliphatic heterocycles. The van der Waals surface area contributed by atoms with E-state index < -0.39 is 23.7 Å². The van der Waals surface area contributed by atoms with E-state index in [0.29, 0.717) is 60.2 Å². The lowest BCUT2D eigenvalue weighted by Crippen LogP contribution is -2.39. The minimum absolute atomic E-state index is 0.0998. The molecule has 2 fully saturated rings. The van der Waals surface area contributed by atoms with E-state index >= 15 is 0 Å². The fourth-order valence-corrected chi connectivity index (χ4v) is 5.55. The smallest absolute Gasteiger partial charge is 0.354 e. The fraction of sp³-hybridized carbons (Fsp3) is 0.483. The quantitative estimate of drug-likeness (QED) is 0.189. The van der Waals surface area contributed by atoms with Gasteiger partial charge in [0.1, 0.15) is 11.5 Å². The molecular weight excluding hydrogens is 534 g/mol. The number of morpholine rings is 1. The molecule has 2 saturated heterocycles. The molecule has 12 heteroatoms. The molecular formula is C29H37N3O9. The molecule has 2 N–H and O–H groups in total. The molecule has 41 heavy (non-hydrogen) atoms. The van der Waals surface area contributed by atoms with Crippen LogP contribution in [-0.2, 0) is 19.1 Å². The predicted octanol–water partition coefficient (Wildman–Crippen LogP) is 2.59. The van der Waals surface area contributed by atoms with Gasteiger partial charge in [-0.15, -0.1) is 0 Å². The number of ketones is 1. The van der Waals surface area contributed by atoms with Crippen molar-refractivity contribution in [2.24, 2.45) is 0 Å². The Balaban J connectivity index is 1.85. The zero-order valence-corrected chi connectivity index (χ0v) is 24.3. The van der Waals surface area contributed by atoms with Gasteiger partial charge in [-0.3, -0.25) is 14.5 Å². The van der Waals surface area contributed by atoms with Gasteiger partial charge in [0.05, 0.1) is 53.3 Å². The van der Waals surface area contributed by atoms with Gasteiger partial charge in [-0.05, 0) is 43.5 Å². The average molecular weight is 572 g/mol. The van der Waals surface area contributed by atoms with Crippen LogP contribution >= 0.6 is 0 Å². The van der Waals surface area contributed by atoms with Gasteiger partial charge < -0.3 is 38.7 Å². The monoisotopic (exact) mass is 571 g/mol. The normalized spacial score (nSPS) is 19.0. The minimum atomic E-state index is -0.955. The number of amides is 1. The second-order valence-electron chi connectivity index (χ2n) is 9.88. The number of aromatic nitrogens is 1. The third kappa shape index (κ3) is 5.62. The van der Waals surface area contributed by atoms with Gasteiger partial charge in [-0.1, -0.05) is 0 Å². The summed E-state index contributed by atoms with van der Waals surface area (Å²) in [5, 5.41) is 11.7. The van der Waals surface area contributed by atoms with E-state index in [-0.39, 0.29) is 29.1 Å². The summed E-state index contributed by atoms with van der Waals surface area (Å²) in [6.07, 6.45) is 0.600. The summed E-state index contributed by atoms with van der Waals surface area (Å²) >= 11 is 0. The van der Waals surface area contributed by atoms with E-state index in [9.17, 15) is 19.5 Å². The number of likely N-dealkylation sites (tertiary alicyclic amines) is 1.